The minimum atomic E-state index is -0.394. The van der Waals surface area contributed by atoms with E-state index in [-0.39, 0.29) is 46.6 Å². The van der Waals surface area contributed by atoms with Gasteiger partial charge in [-0.05, 0) is 42.2 Å². The van der Waals surface area contributed by atoms with E-state index in [9.17, 15) is 9.59 Å². The van der Waals surface area contributed by atoms with E-state index >= 15 is 0 Å². The maximum atomic E-state index is 13.0. The lowest BCUT2D eigenvalue weighted by Gasteiger charge is -2.59. The molecule has 0 amide bonds. The number of cyclic esters (lactones) is 1. The number of carbonyl (C=O) groups excluding carboxylic acids is 2. The number of hydrogen-bond donors (Lipinski definition) is 0. The van der Waals surface area contributed by atoms with Crippen molar-refractivity contribution in [1.29, 1.82) is 0 Å². The highest BCUT2D eigenvalue weighted by Gasteiger charge is 2.59. The summed E-state index contributed by atoms with van der Waals surface area (Å²) in [6, 6.07) is 1.87. The van der Waals surface area contributed by atoms with E-state index in [0.717, 1.165) is 31.2 Å². The second kappa shape index (κ2) is 7.03. The van der Waals surface area contributed by atoms with Gasteiger partial charge in [-0.1, -0.05) is 41.0 Å². The summed E-state index contributed by atoms with van der Waals surface area (Å²) in [4.78, 5) is 25.5. The molecular weight excluding hydrogens is 368 g/mol. The van der Waals surface area contributed by atoms with Gasteiger partial charge in [0.2, 0.25) is 0 Å². The van der Waals surface area contributed by atoms with Gasteiger partial charge in [0.25, 0.3) is 0 Å². The molecule has 2 aliphatic carbocycles. The Hall–Kier alpha value is -2.04. The molecular formula is C24H32O5. The first-order valence-corrected chi connectivity index (χ1v) is 10.8. The number of carbonyl (C=O) groups is 2. The van der Waals surface area contributed by atoms with Crippen LogP contribution in [0.15, 0.2) is 34.7 Å². The van der Waals surface area contributed by atoms with Crippen molar-refractivity contribution in [3.8, 4) is 0 Å². The minimum Gasteiger partial charge on any atom is -0.472 e. The third-order valence-corrected chi connectivity index (χ3v) is 7.51. The average Bonchev–Trinajstić information content (AvgIpc) is 3.16. The van der Waals surface area contributed by atoms with Gasteiger partial charge in [0.15, 0.2) is 0 Å². The second-order valence-corrected chi connectivity index (χ2v) is 10.2. The predicted octanol–water partition coefficient (Wildman–Crippen LogP) is 5.22. The van der Waals surface area contributed by atoms with E-state index in [1.807, 2.05) is 26.0 Å². The van der Waals surface area contributed by atoms with Crippen molar-refractivity contribution in [1.82, 2.24) is 0 Å². The smallest absolute Gasteiger partial charge is 0.334 e. The van der Waals surface area contributed by atoms with Crippen molar-refractivity contribution in [3.05, 3.63) is 35.8 Å². The average molecular weight is 401 g/mol. The molecule has 5 nitrogen and oxygen atoms in total. The number of esters is 2. The normalized spacial score (nSPS) is 35.9. The summed E-state index contributed by atoms with van der Waals surface area (Å²) >= 11 is 0. The third kappa shape index (κ3) is 3.32. The zero-order chi connectivity index (χ0) is 21.0. The van der Waals surface area contributed by atoms with E-state index in [0.29, 0.717) is 5.57 Å². The van der Waals surface area contributed by atoms with Gasteiger partial charge in [-0.2, -0.15) is 0 Å². The van der Waals surface area contributed by atoms with Crippen LogP contribution in [0.25, 0.3) is 0 Å². The first-order chi connectivity index (χ1) is 13.6. The highest BCUT2D eigenvalue weighted by atomic mass is 16.6. The molecule has 1 aliphatic heterocycles. The molecule has 2 heterocycles. The maximum absolute atomic E-state index is 13.0. The highest BCUT2D eigenvalue weighted by molar-refractivity contribution is 5.90. The lowest BCUT2D eigenvalue weighted by atomic mass is 9.47. The molecule has 5 atom stereocenters. The summed E-state index contributed by atoms with van der Waals surface area (Å²) in [5, 5.41) is 0. The van der Waals surface area contributed by atoms with Crippen molar-refractivity contribution < 1.29 is 23.5 Å². The summed E-state index contributed by atoms with van der Waals surface area (Å²) in [6.45, 7) is 10.5. The molecule has 4 rings (SSSR count). The molecule has 29 heavy (non-hydrogen) atoms. The highest BCUT2D eigenvalue weighted by Crippen LogP contribution is 2.63. The molecule has 158 valence electrons. The topological polar surface area (TPSA) is 65.7 Å². The van der Waals surface area contributed by atoms with Gasteiger partial charge in [0, 0.05) is 23.0 Å². The van der Waals surface area contributed by atoms with Crippen LogP contribution < -0.4 is 0 Å². The predicted molar refractivity (Wildman–Crippen MR) is 108 cm³/mol. The van der Waals surface area contributed by atoms with Crippen LogP contribution in [-0.2, 0) is 19.1 Å². The lowest BCUT2D eigenvalue weighted by molar-refractivity contribution is -0.176. The minimum absolute atomic E-state index is 0.0173. The summed E-state index contributed by atoms with van der Waals surface area (Å²) in [5.41, 5.74) is 1.47. The molecule has 1 saturated carbocycles. The third-order valence-electron chi connectivity index (χ3n) is 7.51. The Kier molecular flexibility index (Phi) is 4.91. The monoisotopic (exact) mass is 400 g/mol. The molecule has 0 radical (unpaired) electrons. The fourth-order valence-electron chi connectivity index (χ4n) is 6.18. The van der Waals surface area contributed by atoms with E-state index < -0.39 is 6.10 Å². The van der Waals surface area contributed by atoms with Crippen LogP contribution in [0.5, 0.6) is 0 Å². The molecule has 0 spiro atoms. The Morgan fingerprint density at radius 1 is 1.24 bits per heavy atom. The first kappa shape index (κ1) is 20.2. The van der Waals surface area contributed by atoms with Crippen LogP contribution in [-0.4, -0.2) is 18.0 Å². The van der Waals surface area contributed by atoms with Gasteiger partial charge in [-0.15, -0.1) is 0 Å². The second-order valence-electron chi connectivity index (χ2n) is 10.2. The largest absolute Gasteiger partial charge is 0.472 e. The molecule has 0 aromatic carbocycles. The van der Waals surface area contributed by atoms with Crippen LogP contribution in [0.3, 0.4) is 0 Å². The van der Waals surface area contributed by atoms with Crippen molar-refractivity contribution in [2.45, 2.75) is 72.5 Å². The molecule has 1 aromatic heterocycles. The molecule has 1 saturated heterocycles. The van der Waals surface area contributed by atoms with Gasteiger partial charge in [-0.25, -0.2) is 4.79 Å². The standard InChI is InChI=1S/C24H32O5/c1-14(2)21(25)29-19-11-16-17(24(5)9-6-8-23(3,4)20(19)24)12-18(28-22(16)26)15-7-10-27-13-15/h7,10-11,13-14,17-20H,6,8-9,12H2,1-5H3/t17-,18+,19+,20-,24+/m0/s1. The number of furan rings is 1. The summed E-state index contributed by atoms with van der Waals surface area (Å²) < 4.78 is 17.0. The maximum Gasteiger partial charge on any atom is 0.334 e. The number of fused-ring (bicyclic) bond motifs is 3. The van der Waals surface area contributed by atoms with Gasteiger partial charge in [0.1, 0.15) is 12.2 Å². The quantitative estimate of drug-likeness (QED) is 0.651. The van der Waals surface area contributed by atoms with Gasteiger partial charge >= 0.3 is 11.9 Å². The van der Waals surface area contributed by atoms with Gasteiger partial charge in [0.05, 0.1) is 18.4 Å². The zero-order valence-electron chi connectivity index (χ0n) is 18.1. The van der Waals surface area contributed by atoms with E-state index in [2.05, 4.69) is 20.8 Å². The molecule has 0 unspecified atom stereocenters. The van der Waals surface area contributed by atoms with Crippen molar-refractivity contribution in [2.75, 3.05) is 0 Å². The van der Waals surface area contributed by atoms with E-state index in [4.69, 9.17) is 13.9 Å². The molecule has 5 heteroatoms. The molecule has 3 aliphatic rings. The molecule has 2 fully saturated rings. The van der Waals surface area contributed by atoms with Crippen LogP contribution in [0.2, 0.25) is 0 Å². The summed E-state index contributed by atoms with van der Waals surface area (Å²) in [6.07, 6.45) is 8.45. The number of ether oxygens (including phenoxy) is 2. The fraction of sp³-hybridized carbons (Fsp3) is 0.667. The van der Waals surface area contributed by atoms with E-state index in [1.165, 1.54) is 0 Å². The number of hydrogen-bond acceptors (Lipinski definition) is 5. The Morgan fingerprint density at radius 3 is 2.66 bits per heavy atom. The molecule has 0 bridgehead atoms. The van der Waals surface area contributed by atoms with Crippen molar-refractivity contribution >= 4 is 11.9 Å². The molecule has 0 N–H and O–H groups in total. The Labute approximate surface area is 172 Å². The van der Waals surface area contributed by atoms with Gasteiger partial charge in [-0.3, -0.25) is 4.79 Å². The van der Waals surface area contributed by atoms with Crippen molar-refractivity contribution in [3.63, 3.8) is 0 Å². The SMILES string of the molecule is CC(C)C(=O)O[C@@H]1C=C2C(=O)O[C@@H](c3ccoc3)C[C@@H]2[C@@]2(C)CCCC(C)(C)[C@H]12. The number of rotatable bonds is 3. The summed E-state index contributed by atoms with van der Waals surface area (Å²) in [5.74, 6) is -0.457. The van der Waals surface area contributed by atoms with Crippen LogP contribution in [0, 0.1) is 28.6 Å². The van der Waals surface area contributed by atoms with Crippen LogP contribution >= 0.6 is 0 Å². The summed E-state index contributed by atoms with van der Waals surface area (Å²) in [7, 11) is 0. The van der Waals surface area contributed by atoms with Crippen molar-refractivity contribution in [2.24, 2.45) is 28.6 Å². The first-order valence-electron chi connectivity index (χ1n) is 10.8. The van der Waals surface area contributed by atoms with Gasteiger partial charge < -0.3 is 13.9 Å². The van der Waals surface area contributed by atoms with Crippen LogP contribution in [0.4, 0.5) is 0 Å². The van der Waals surface area contributed by atoms with Crippen LogP contribution in [0.1, 0.15) is 72.0 Å². The lowest BCUT2D eigenvalue weighted by Crippen LogP contribution is -2.57. The molecule has 1 aromatic rings. The Bertz CT molecular complexity index is 818. The fourth-order valence-corrected chi connectivity index (χ4v) is 6.18. The van der Waals surface area contributed by atoms with E-state index in [1.54, 1.807) is 12.5 Å². The Morgan fingerprint density at radius 2 is 2.00 bits per heavy atom. The zero-order valence-corrected chi connectivity index (χ0v) is 18.1. The Balaban J connectivity index is 1.76.